The fraction of sp³-hybridized carbons (Fsp3) is 0.500. The van der Waals surface area contributed by atoms with Crippen LogP contribution in [-0.4, -0.2) is 18.2 Å². The molecule has 2 N–H and O–H groups in total. The van der Waals surface area contributed by atoms with Crippen molar-refractivity contribution in [1.82, 2.24) is 5.32 Å². The summed E-state index contributed by atoms with van der Waals surface area (Å²) in [6.07, 6.45) is 0. The van der Waals surface area contributed by atoms with Gasteiger partial charge in [0, 0.05) is 13.1 Å². The van der Waals surface area contributed by atoms with Crippen LogP contribution < -0.4 is 5.32 Å². The zero-order valence-electron chi connectivity index (χ0n) is 9.02. The minimum absolute atomic E-state index is 0.622. The van der Waals surface area contributed by atoms with Gasteiger partial charge in [-0.3, -0.25) is 0 Å². The van der Waals surface area contributed by atoms with Gasteiger partial charge in [-0.1, -0.05) is 12.1 Å². The minimum Gasteiger partial charge on any atom is -0.382 e. The van der Waals surface area contributed by atoms with Crippen LogP contribution in [0.15, 0.2) is 12.1 Å². The lowest BCUT2D eigenvalue weighted by atomic mass is 9.83. The van der Waals surface area contributed by atoms with Crippen molar-refractivity contribution in [3.05, 3.63) is 34.4 Å². The molecular formula is C12H17NO. The fourth-order valence-electron chi connectivity index (χ4n) is 2.01. The number of aryl methyl sites for hydroxylation is 3. The lowest BCUT2D eigenvalue weighted by molar-refractivity contribution is -0.0152. The Kier molecular flexibility index (Phi) is 2.13. The highest BCUT2D eigenvalue weighted by atomic mass is 16.3. The first kappa shape index (κ1) is 9.69. The molecule has 0 bridgehead atoms. The molecule has 14 heavy (non-hydrogen) atoms. The van der Waals surface area contributed by atoms with E-state index in [0.717, 1.165) is 5.56 Å². The highest BCUT2D eigenvalue weighted by molar-refractivity contribution is 5.41. The van der Waals surface area contributed by atoms with E-state index in [1.165, 1.54) is 16.7 Å². The molecule has 2 nitrogen and oxygen atoms in total. The molecule has 1 aliphatic heterocycles. The highest BCUT2D eigenvalue weighted by Crippen LogP contribution is 2.29. The normalized spacial score (nSPS) is 19.1. The average Bonchev–Trinajstić information content (AvgIpc) is 2.07. The standard InChI is InChI=1S/C12H17NO/c1-8-4-10(3)11(5-9(8)2)12(14)6-13-7-12/h4-5,13-14H,6-7H2,1-3H3. The van der Waals surface area contributed by atoms with E-state index in [1.807, 2.05) is 0 Å². The zero-order valence-corrected chi connectivity index (χ0v) is 9.02. The van der Waals surface area contributed by atoms with Gasteiger partial charge < -0.3 is 10.4 Å². The van der Waals surface area contributed by atoms with E-state index in [-0.39, 0.29) is 0 Å². The van der Waals surface area contributed by atoms with Gasteiger partial charge in [0.1, 0.15) is 5.60 Å². The number of nitrogens with one attached hydrogen (secondary N) is 1. The molecule has 1 aromatic carbocycles. The minimum atomic E-state index is -0.622. The van der Waals surface area contributed by atoms with Crippen molar-refractivity contribution < 1.29 is 5.11 Å². The van der Waals surface area contributed by atoms with Crippen molar-refractivity contribution in [1.29, 1.82) is 0 Å². The van der Waals surface area contributed by atoms with E-state index in [1.54, 1.807) is 0 Å². The van der Waals surface area contributed by atoms with Crippen LogP contribution in [0.3, 0.4) is 0 Å². The van der Waals surface area contributed by atoms with E-state index in [2.05, 4.69) is 38.2 Å². The van der Waals surface area contributed by atoms with Crippen LogP contribution in [0, 0.1) is 20.8 Å². The van der Waals surface area contributed by atoms with Gasteiger partial charge in [0.2, 0.25) is 0 Å². The summed E-state index contributed by atoms with van der Waals surface area (Å²) < 4.78 is 0. The van der Waals surface area contributed by atoms with E-state index in [0.29, 0.717) is 13.1 Å². The number of β-amino-alcohol motifs (C(OH)–C–C–N with tert-alkyl or cyclic N) is 1. The van der Waals surface area contributed by atoms with Crippen molar-refractivity contribution in [2.24, 2.45) is 0 Å². The molecule has 0 spiro atoms. The van der Waals surface area contributed by atoms with E-state index in [9.17, 15) is 5.11 Å². The number of rotatable bonds is 1. The predicted octanol–water partition coefficient (Wildman–Crippen LogP) is 1.40. The van der Waals surface area contributed by atoms with Gasteiger partial charge >= 0.3 is 0 Å². The highest BCUT2D eigenvalue weighted by Gasteiger charge is 2.37. The largest absolute Gasteiger partial charge is 0.382 e. The molecule has 0 atom stereocenters. The van der Waals surface area contributed by atoms with Gasteiger partial charge in [-0.15, -0.1) is 0 Å². The van der Waals surface area contributed by atoms with Crippen molar-refractivity contribution in [3.63, 3.8) is 0 Å². The molecule has 1 aliphatic rings. The first-order valence-electron chi connectivity index (χ1n) is 5.04. The van der Waals surface area contributed by atoms with Gasteiger partial charge in [0.15, 0.2) is 0 Å². The molecule has 0 radical (unpaired) electrons. The summed E-state index contributed by atoms with van der Waals surface area (Å²) >= 11 is 0. The van der Waals surface area contributed by atoms with Gasteiger partial charge in [0.05, 0.1) is 0 Å². The predicted molar refractivity (Wildman–Crippen MR) is 57.4 cm³/mol. The molecule has 0 unspecified atom stereocenters. The first-order chi connectivity index (χ1) is 6.53. The Bertz CT molecular complexity index is 367. The van der Waals surface area contributed by atoms with Crippen LogP contribution in [0.4, 0.5) is 0 Å². The summed E-state index contributed by atoms with van der Waals surface area (Å²) in [7, 11) is 0. The molecular weight excluding hydrogens is 174 g/mol. The average molecular weight is 191 g/mol. The van der Waals surface area contributed by atoms with Crippen LogP contribution in [-0.2, 0) is 5.60 Å². The van der Waals surface area contributed by atoms with Crippen molar-refractivity contribution in [3.8, 4) is 0 Å². The van der Waals surface area contributed by atoms with Crippen LogP contribution in [0.25, 0.3) is 0 Å². The lowest BCUT2D eigenvalue weighted by Crippen LogP contribution is -2.57. The van der Waals surface area contributed by atoms with E-state index in [4.69, 9.17) is 0 Å². The van der Waals surface area contributed by atoms with Gasteiger partial charge in [0.25, 0.3) is 0 Å². The molecule has 0 aliphatic carbocycles. The van der Waals surface area contributed by atoms with Crippen LogP contribution >= 0.6 is 0 Å². The summed E-state index contributed by atoms with van der Waals surface area (Å²) in [5, 5.41) is 13.3. The number of benzene rings is 1. The fourth-order valence-corrected chi connectivity index (χ4v) is 2.01. The second-order valence-electron chi connectivity index (χ2n) is 4.39. The molecule has 2 heteroatoms. The summed E-state index contributed by atoms with van der Waals surface area (Å²) in [5.74, 6) is 0. The maximum atomic E-state index is 10.2. The lowest BCUT2D eigenvalue weighted by Gasteiger charge is -2.39. The van der Waals surface area contributed by atoms with E-state index >= 15 is 0 Å². The zero-order chi connectivity index (χ0) is 10.3. The van der Waals surface area contributed by atoms with Crippen LogP contribution in [0.5, 0.6) is 0 Å². The monoisotopic (exact) mass is 191 g/mol. The molecule has 0 aromatic heterocycles. The van der Waals surface area contributed by atoms with Crippen molar-refractivity contribution in [2.45, 2.75) is 26.4 Å². The smallest absolute Gasteiger partial charge is 0.115 e. The molecule has 1 fully saturated rings. The Hall–Kier alpha value is -0.860. The summed E-state index contributed by atoms with van der Waals surface area (Å²) in [5.41, 5.74) is 4.20. The van der Waals surface area contributed by atoms with Gasteiger partial charge in [-0.2, -0.15) is 0 Å². The molecule has 0 amide bonds. The Morgan fingerprint density at radius 2 is 1.64 bits per heavy atom. The molecule has 2 rings (SSSR count). The summed E-state index contributed by atoms with van der Waals surface area (Å²) in [6.45, 7) is 7.62. The summed E-state index contributed by atoms with van der Waals surface area (Å²) in [4.78, 5) is 0. The second-order valence-corrected chi connectivity index (χ2v) is 4.39. The van der Waals surface area contributed by atoms with Crippen molar-refractivity contribution in [2.75, 3.05) is 13.1 Å². The third-order valence-electron chi connectivity index (χ3n) is 3.18. The molecule has 76 valence electrons. The third kappa shape index (κ3) is 1.35. The first-order valence-corrected chi connectivity index (χ1v) is 5.04. The number of hydrogen-bond donors (Lipinski definition) is 2. The molecule has 1 aromatic rings. The maximum Gasteiger partial charge on any atom is 0.115 e. The molecule has 0 saturated carbocycles. The Morgan fingerprint density at radius 3 is 2.14 bits per heavy atom. The Balaban J connectivity index is 2.48. The second kappa shape index (κ2) is 3.07. The Morgan fingerprint density at radius 1 is 1.07 bits per heavy atom. The van der Waals surface area contributed by atoms with Crippen molar-refractivity contribution >= 4 is 0 Å². The van der Waals surface area contributed by atoms with Crippen LogP contribution in [0.2, 0.25) is 0 Å². The maximum absolute atomic E-state index is 10.2. The van der Waals surface area contributed by atoms with Gasteiger partial charge in [-0.05, 0) is 43.0 Å². The third-order valence-corrected chi connectivity index (χ3v) is 3.18. The SMILES string of the molecule is Cc1cc(C)c(C2(O)CNC2)cc1C. The number of aliphatic hydroxyl groups is 1. The van der Waals surface area contributed by atoms with Crippen LogP contribution in [0.1, 0.15) is 22.3 Å². The Labute approximate surface area is 85.0 Å². The van der Waals surface area contributed by atoms with E-state index < -0.39 is 5.60 Å². The molecule has 1 heterocycles. The topological polar surface area (TPSA) is 32.3 Å². The quantitative estimate of drug-likeness (QED) is 0.703. The molecule has 1 saturated heterocycles. The summed E-state index contributed by atoms with van der Waals surface area (Å²) in [6, 6.07) is 4.27. The van der Waals surface area contributed by atoms with Gasteiger partial charge in [-0.25, -0.2) is 0 Å². The number of hydrogen-bond acceptors (Lipinski definition) is 2.